The van der Waals surface area contributed by atoms with Gasteiger partial charge in [0, 0.05) is 32.0 Å². The van der Waals surface area contributed by atoms with Gasteiger partial charge in [-0.25, -0.2) is 0 Å². The number of nitrogens with one attached hydrogen (secondary N) is 1. The Morgan fingerprint density at radius 1 is 0.889 bits per heavy atom. The number of rotatable bonds is 1. The first-order valence-corrected chi connectivity index (χ1v) is 9.83. The van der Waals surface area contributed by atoms with Crippen molar-refractivity contribution in [2.75, 3.05) is 5.32 Å². The zero-order valence-corrected chi connectivity index (χ0v) is 16.5. The molecule has 0 amide bonds. The third-order valence-electron chi connectivity index (χ3n) is 5.03. The normalized spacial score (nSPS) is 15.6. The summed E-state index contributed by atoms with van der Waals surface area (Å²) in [5.74, 6) is -0.291. The number of fused-ring (bicyclic) bond motifs is 4. The van der Waals surface area contributed by atoms with E-state index in [1.165, 1.54) is 0 Å². The van der Waals surface area contributed by atoms with Crippen LogP contribution >= 0.6 is 22.6 Å². The summed E-state index contributed by atoms with van der Waals surface area (Å²) in [4.78, 5) is 18.2. The molecule has 1 aliphatic rings. The quantitative estimate of drug-likeness (QED) is 0.358. The first kappa shape index (κ1) is 16.4. The second kappa shape index (κ2) is 6.46. The molecule has 0 saturated heterocycles. The van der Waals surface area contributed by atoms with Crippen LogP contribution in [-0.2, 0) is 0 Å². The van der Waals surface area contributed by atoms with E-state index in [-0.39, 0.29) is 11.7 Å². The lowest BCUT2D eigenvalue weighted by Gasteiger charge is -2.18. The van der Waals surface area contributed by atoms with Crippen LogP contribution < -0.4 is 5.32 Å². The van der Waals surface area contributed by atoms with Gasteiger partial charge in [-0.3, -0.25) is 9.78 Å². The lowest BCUT2D eigenvalue weighted by molar-refractivity contribution is 0.0975. The predicted molar refractivity (Wildman–Crippen MR) is 117 cm³/mol. The van der Waals surface area contributed by atoms with Gasteiger partial charge in [0.1, 0.15) is 0 Å². The Bertz CT molecular complexity index is 1180. The van der Waals surface area contributed by atoms with Crippen molar-refractivity contribution in [2.45, 2.75) is 5.92 Å². The number of benzene rings is 3. The van der Waals surface area contributed by atoms with E-state index in [0.29, 0.717) is 5.56 Å². The van der Waals surface area contributed by atoms with E-state index >= 15 is 0 Å². The Hall–Kier alpha value is -2.73. The molecule has 1 unspecified atom stereocenters. The Morgan fingerprint density at radius 3 is 2.48 bits per heavy atom. The summed E-state index contributed by atoms with van der Waals surface area (Å²) >= 11 is 2.28. The molecular weight excluding hydrogens is 447 g/mol. The number of Topliss-reactive ketones (excluding diaryl/α,β-unsaturated/α-hetero) is 1. The van der Waals surface area contributed by atoms with Gasteiger partial charge < -0.3 is 5.32 Å². The molecule has 1 aromatic heterocycles. The number of hydrogen-bond acceptors (Lipinski definition) is 3. The van der Waals surface area contributed by atoms with E-state index in [0.717, 1.165) is 37.0 Å². The van der Waals surface area contributed by atoms with Crippen LogP contribution in [0.2, 0.25) is 0 Å². The average molecular weight is 462 g/mol. The molecule has 0 bridgehead atoms. The molecule has 3 aromatic carbocycles. The van der Waals surface area contributed by atoms with Crippen LogP contribution in [-0.4, -0.2) is 10.8 Å². The highest BCUT2D eigenvalue weighted by molar-refractivity contribution is 14.1. The molecule has 0 radical (unpaired) electrons. The minimum Gasteiger partial charge on any atom is -0.354 e. The maximum absolute atomic E-state index is 13.6. The summed E-state index contributed by atoms with van der Waals surface area (Å²) in [5.41, 5.74) is 5.32. The lowest BCUT2D eigenvalue weighted by atomic mass is 9.85. The molecule has 27 heavy (non-hydrogen) atoms. The van der Waals surface area contributed by atoms with Crippen molar-refractivity contribution in [3.05, 3.63) is 99.3 Å². The Labute approximate surface area is 170 Å². The van der Waals surface area contributed by atoms with Crippen molar-refractivity contribution in [1.29, 1.82) is 0 Å². The average Bonchev–Trinajstić information content (AvgIpc) is 2.83. The monoisotopic (exact) mass is 462 g/mol. The van der Waals surface area contributed by atoms with Gasteiger partial charge in [-0.2, -0.15) is 0 Å². The van der Waals surface area contributed by atoms with Crippen LogP contribution in [0.25, 0.3) is 10.9 Å². The first-order valence-electron chi connectivity index (χ1n) is 8.76. The van der Waals surface area contributed by atoms with Crippen molar-refractivity contribution in [3.8, 4) is 0 Å². The topological polar surface area (TPSA) is 42.0 Å². The van der Waals surface area contributed by atoms with E-state index in [4.69, 9.17) is 0 Å². The van der Waals surface area contributed by atoms with E-state index < -0.39 is 0 Å². The Morgan fingerprint density at radius 2 is 1.63 bits per heavy atom. The minimum absolute atomic E-state index is 0.0927. The largest absolute Gasteiger partial charge is 0.354 e. The second-order valence-electron chi connectivity index (χ2n) is 6.63. The van der Waals surface area contributed by atoms with Gasteiger partial charge in [0.15, 0.2) is 5.78 Å². The lowest BCUT2D eigenvalue weighted by Crippen LogP contribution is -2.14. The molecule has 1 atom stereocenters. The van der Waals surface area contributed by atoms with Crippen molar-refractivity contribution >= 4 is 50.7 Å². The molecule has 0 spiro atoms. The summed E-state index contributed by atoms with van der Waals surface area (Å²) < 4.78 is 1.15. The Balaban J connectivity index is 1.84. The molecular formula is C23H15IN2O. The molecule has 2 heterocycles. The van der Waals surface area contributed by atoms with Crippen LogP contribution in [0.3, 0.4) is 0 Å². The smallest absolute Gasteiger partial charge is 0.176 e. The van der Waals surface area contributed by atoms with Crippen LogP contribution in [0.1, 0.15) is 27.4 Å². The first-order chi connectivity index (χ1) is 13.2. The number of carbonyl (C=O) groups is 1. The number of hydrogen-bond donors (Lipinski definition) is 1. The van der Waals surface area contributed by atoms with Gasteiger partial charge in [0.25, 0.3) is 0 Å². The van der Waals surface area contributed by atoms with Gasteiger partial charge in [-0.1, -0.05) is 42.5 Å². The summed E-state index contributed by atoms with van der Waals surface area (Å²) in [5, 5.41) is 4.55. The number of ketones is 1. The van der Waals surface area contributed by atoms with E-state index in [1.54, 1.807) is 0 Å². The minimum atomic E-state index is -0.384. The van der Waals surface area contributed by atoms with Crippen molar-refractivity contribution in [2.24, 2.45) is 0 Å². The molecule has 0 fully saturated rings. The molecule has 1 N–H and O–H groups in total. The molecule has 4 aromatic rings. The van der Waals surface area contributed by atoms with Crippen LogP contribution in [0.15, 0.2) is 79.0 Å². The summed E-state index contributed by atoms with van der Waals surface area (Å²) in [6, 6.07) is 23.9. The molecule has 0 aliphatic carbocycles. The number of carbonyl (C=O) groups excluding carboxylic acids is 1. The third kappa shape index (κ3) is 2.72. The van der Waals surface area contributed by atoms with Crippen LogP contribution in [0.5, 0.6) is 0 Å². The summed E-state index contributed by atoms with van der Waals surface area (Å²) in [7, 11) is 0. The van der Waals surface area contributed by atoms with Crippen molar-refractivity contribution in [1.82, 2.24) is 4.98 Å². The zero-order valence-electron chi connectivity index (χ0n) is 14.3. The Kier molecular flexibility index (Phi) is 3.93. The summed E-state index contributed by atoms with van der Waals surface area (Å²) in [6.45, 7) is 0. The highest BCUT2D eigenvalue weighted by atomic mass is 127. The van der Waals surface area contributed by atoms with Gasteiger partial charge in [-0.15, -0.1) is 0 Å². The summed E-state index contributed by atoms with van der Waals surface area (Å²) in [6.07, 6.45) is 1.84. The number of pyridine rings is 1. The fourth-order valence-corrected chi connectivity index (χ4v) is 4.10. The predicted octanol–water partition coefficient (Wildman–Crippen LogP) is 5.91. The van der Waals surface area contributed by atoms with E-state index in [2.05, 4.69) is 39.0 Å². The molecule has 3 nitrogen and oxygen atoms in total. The molecule has 0 saturated carbocycles. The number of aromatic nitrogens is 1. The van der Waals surface area contributed by atoms with Crippen LogP contribution in [0, 0.1) is 3.57 Å². The molecule has 1 aliphatic heterocycles. The van der Waals surface area contributed by atoms with Gasteiger partial charge in [0.05, 0.1) is 17.1 Å². The molecule has 130 valence electrons. The van der Waals surface area contributed by atoms with Crippen molar-refractivity contribution in [3.63, 3.8) is 0 Å². The fraction of sp³-hybridized carbons (Fsp3) is 0.0435. The molecule has 5 rings (SSSR count). The number of anilines is 2. The maximum Gasteiger partial charge on any atom is 0.176 e. The highest BCUT2D eigenvalue weighted by Gasteiger charge is 2.32. The van der Waals surface area contributed by atoms with Gasteiger partial charge in [0.2, 0.25) is 0 Å². The number of halogens is 1. The van der Waals surface area contributed by atoms with Crippen LogP contribution in [0.4, 0.5) is 11.4 Å². The SMILES string of the molecule is O=C1c2ccccc2Nc2c(cnc3ccccc23)C1c1ccc(I)cc1. The highest BCUT2D eigenvalue weighted by Crippen LogP contribution is 2.42. The van der Waals surface area contributed by atoms with E-state index in [1.807, 2.05) is 72.9 Å². The van der Waals surface area contributed by atoms with Gasteiger partial charge >= 0.3 is 0 Å². The van der Waals surface area contributed by atoms with E-state index in [9.17, 15) is 4.79 Å². The number of para-hydroxylation sites is 2. The molecule has 4 heteroatoms. The van der Waals surface area contributed by atoms with Gasteiger partial charge in [-0.05, 0) is 58.5 Å². The maximum atomic E-state index is 13.6. The number of nitrogens with zero attached hydrogens (tertiary/aromatic N) is 1. The third-order valence-corrected chi connectivity index (χ3v) is 5.75. The zero-order chi connectivity index (χ0) is 18.4. The fourth-order valence-electron chi connectivity index (χ4n) is 3.74. The van der Waals surface area contributed by atoms with Crippen molar-refractivity contribution < 1.29 is 4.79 Å². The second-order valence-corrected chi connectivity index (χ2v) is 7.87. The standard InChI is InChI=1S/C23H15IN2O/c24-15-11-9-14(10-12-15)21-18-13-25-19-7-3-1-5-16(19)22(18)26-20-8-4-2-6-17(20)23(21)27/h1-13,21,26H.